The Morgan fingerprint density at radius 2 is 2.12 bits per heavy atom. The molecule has 0 amide bonds. The summed E-state index contributed by atoms with van der Waals surface area (Å²) >= 11 is 5.11. The van der Waals surface area contributed by atoms with Gasteiger partial charge in [-0.15, -0.1) is 0 Å². The van der Waals surface area contributed by atoms with Crippen molar-refractivity contribution in [2.45, 2.75) is 20.4 Å². The van der Waals surface area contributed by atoms with Crippen LogP contribution in [0.25, 0.3) is 0 Å². The second-order valence-corrected chi connectivity index (χ2v) is 5.53. The van der Waals surface area contributed by atoms with E-state index in [1.165, 1.54) is 6.07 Å². The summed E-state index contributed by atoms with van der Waals surface area (Å²) in [5.41, 5.74) is -0.0355. The van der Waals surface area contributed by atoms with Crippen LogP contribution < -0.4 is 5.56 Å². The van der Waals surface area contributed by atoms with Crippen molar-refractivity contribution in [3.63, 3.8) is 0 Å². The third-order valence-electron chi connectivity index (χ3n) is 2.24. The number of rotatable bonds is 4. The molecule has 0 saturated carbocycles. The average molecular weight is 241 g/mol. The molecule has 0 saturated heterocycles. The Balaban J connectivity index is 2.88. The highest BCUT2D eigenvalue weighted by molar-refractivity contribution is 7.71. The summed E-state index contributed by atoms with van der Waals surface area (Å²) in [5, 5.41) is 0. The second kappa shape index (κ2) is 4.93. The monoisotopic (exact) mass is 241 g/mol. The van der Waals surface area contributed by atoms with Crippen molar-refractivity contribution in [3.05, 3.63) is 27.4 Å². The topological polar surface area (TPSA) is 41.0 Å². The van der Waals surface area contributed by atoms with E-state index in [2.05, 4.69) is 23.7 Å². The van der Waals surface area contributed by atoms with Gasteiger partial charge in [0, 0.05) is 25.4 Å². The molecule has 90 valence electrons. The van der Waals surface area contributed by atoms with E-state index in [9.17, 15) is 4.79 Å². The molecular formula is C11H19N3OS. The SMILES string of the molecule is CN(C)CC(C)(C)Cn1ccc(=O)[nH]c1=S. The molecule has 0 fully saturated rings. The van der Waals surface area contributed by atoms with Crippen molar-refractivity contribution < 1.29 is 0 Å². The van der Waals surface area contributed by atoms with Crippen molar-refractivity contribution >= 4 is 12.2 Å². The molecule has 0 atom stereocenters. The van der Waals surface area contributed by atoms with Crippen molar-refractivity contribution in [2.24, 2.45) is 5.41 Å². The number of nitrogens with one attached hydrogen (secondary N) is 1. The van der Waals surface area contributed by atoms with Crippen LogP contribution in [-0.2, 0) is 6.54 Å². The number of aromatic amines is 1. The quantitative estimate of drug-likeness (QED) is 0.812. The Morgan fingerprint density at radius 1 is 1.50 bits per heavy atom. The minimum absolute atomic E-state index is 0.111. The van der Waals surface area contributed by atoms with Gasteiger partial charge in [0.1, 0.15) is 0 Å². The van der Waals surface area contributed by atoms with Gasteiger partial charge < -0.3 is 9.47 Å². The van der Waals surface area contributed by atoms with Crippen molar-refractivity contribution in [1.82, 2.24) is 14.5 Å². The summed E-state index contributed by atoms with van der Waals surface area (Å²) in [6, 6.07) is 1.50. The van der Waals surface area contributed by atoms with E-state index < -0.39 is 0 Å². The Bertz CT molecular complexity index is 459. The van der Waals surface area contributed by atoms with Crippen molar-refractivity contribution in [3.8, 4) is 0 Å². The van der Waals surface area contributed by atoms with E-state index in [4.69, 9.17) is 12.2 Å². The summed E-state index contributed by atoms with van der Waals surface area (Å²) < 4.78 is 2.39. The first kappa shape index (κ1) is 13.1. The summed E-state index contributed by atoms with van der Waals surface area (Å²) in [4.78, 5) is 15.8. The van der Waals surface area contributed by atoms with Crippen LogP contribution in [0, 0.1) is 10.2 Å². The molecule has 0 aliphatic rings. The van der Waals surface area contributed by atoms with Crippen LogP contribution >= 0.6 is 12.2 Å². The van der Waals surface area contributed by atoms with E-state index in [0.717, 1.165) is 13.1 Å². The Labute approximate surface area is 101 Å². The van der Waals surface area contributed by atoms with Gasteiger partial charge in [-0.3, -0.25) is 9.78 Å². The van der Waals surface area contributed by atoms with E-state index in [1.807, 2.05) is 18.7 Å². The summed E-state index contributed by atoms with van der Waals surface area (Å²) in [5.74, 6) is 0. The van der Waals surface area contributed by atoms with Gasteiger partial charge in [0.2, 0.25) is 0 Å². The van der Waals surface area contributed by atoms with Crippen LogP contribution in [-0.4, -0.2) is 35.1 Å². The van der Waals surface area contributed by atoms with Gasteiger partial charge in [-0.05, 0) is 31.7 Å². The fraction of sp³-hybridized carbons (Fsp3) is 0.636. The highest BCUT2D eigenvalue weighted by Crippen LogP contribution is 2.18. The predicted octanol–water partition coefficient (Wildman–Crippen LogP) is 1.49. The molecule has 0 bridgehead atoms. The maximum atomic E-state index is 11.0. The molecule has 0 unspecified atom stereocenters. The van der Waals surface area contributed by atoms with Crippen LogP contribution in [0.3, 0.4) is 0 Å². The summed E-state index contributed by atoms with van der Waals surface area (Å²) in [6.45, 7) is 6.12. The van der Waals surface area contributed by atoms with E-state index in [1.54, 1.807) is 6.20 Å². The maximum Gasteiger partial charge on any atom is 0.251 e. The zero-order chi connectivity index (χ0) is 12.3. The molecule has 0 spiro atoms. The Morgan fingerprint density at radius 3 is 2.62 bits per heavy atom. The minimum Gasteiger partial charge on any atom is -0.325 e. The molecule has 5 heteroatoms. The van der Waals surface area contributed by atoms with Gasteiger partial charge in [0.05, 0.1) is 0 Å². The third kappa shape index (κ3) is 3.90. The molecular weight excluding hydrogens is 222 g/mol. The lowest BCUT2D eigenvalue weighted by molar-refractivity contribution is 0.209. The van der Waals surface area contributed by atoms with Gasteiger partial charge >= 0.3 is 0 Å². The Hall–Kier alpha value is -0.940. The van der Waals surface area contributed by atoms with Gasteiger partial charge in [-0.1, -0.05) is 13.8 Å². The lowest BCUT2D eigenvalue weighted by Gasteiger charge is -2.29. The van der Waals surface area contributed by atoms with Crippen LogP contribution in [0.2, 0.25) is 0 Å². The molecule has 1 rings (SSSR count). The molecule has 16 heavy (non-hydrogen) atoms. The van der Waals surface area contributed by atoms with Crippen LogP contribution in [0.4, 0.5) is 0 Å². The highest BCUT2D eigenvalue weighted by Gasteiger charge is 2.19. The summed E-state index contributed by atoms with van der Waals surface area (Å²) in [6.07, 6.45) is 1.75. The van der Waals surface area contributed by atoms with Gasteiger partial charge in [-0.2, -0.15) is 0 Å². The standard InChI is InChI=1S/C11H19N3OS/c1-11(2,7-13(3)4)8-14-6-5-9(15)12-10(14)16/h5-6H,7-8H2,1-4H3,(H,12,15,16). The van der Waals surface area contributed by atoms with Gasteiger partial charge in [0.25, 0.3) is 5.56 Å². The molecule has 1 heterocycles. The highest BCUT2D eigenvalue weighted by atomic mass is 32.1. The van der Waals surface area contributed by atoms with Crippen LogP contribution in [0.1, 0.15) is 13.8 Å². The fourth-order valence-electron chi connectivity index (χ4n) is 1.94. The first-order valence-corrected chi connectivity index (χ1v) is 5.65. The van der Waals surface area contributed by atoms with Gasteiger partial charge in [-0.25, -0.2) is 0 Å². The normalized spacial score (nSPS) is 12.1. The Kier molecular flexibility index (Phi) is 4.04. The van der Waals surface area contributed by atoms with E-state index in [-0.39, 0.29) is 11.0 Å². The number of nitrogens with zero attached hydrogens (tertiary/aromatic N) is 2. The molecule has 4 nitrogen and oxygen atoms in total. The van der Waals surface area contributed by atoms with Crippen LogP contribution in [0.5, 0.6) is 0 Å². The largest absolute Gasteiger partial charge is 0.325 e. The average Bonchev–Trinajstić information content (AvgIpc) is 2.07. The van der Waals surface area contributed by atoms with Gasteiger partial charge in [0.15, 0.2) is 4.77 Å². The zero-order valence-electron chi connectivity index (χ0n) is 10.3. The molecule has 0 aliphatic heterocycles. The predicted molar refractivity (Wildman–Crippen MR) is 68.2 cm³/mol. The smallest absolute Gasteiger partial charge is 0.251 e. The number of hydrogen-bond donors (Lipinski definition) is 1. The lowest BCUT2D eigenvalue weighted by Crippen LogP contribution is -2.33. The first-order chi connectivity index (χ1) is 7.30. The maximum absolute atomic E-state index is 11.0. The summed E-state index contributed by atoms with van der Waals surface area (Å²) in [7, 11) is 4.10. The molecule has 1 N–H and O–H groups in total. The number of hydrogen-bond acceptors (Lipinski definition) is 3. The molecule has 0 aromatic carbocycles. The first-order valence-electron chi connectivity index (χ1n) is 5.25. The number of H-pyrrole nitrogens is 1. The minimum atomic E-state index is -0.147. The third-order valence-corrected chi connectivity index (χ3v) is 2.58. The lowest BCUT2D eigenvalue weighted by atomic mass is 9.93. The second-order valence-electron chi connectivity index (χ2n) is 5.14. The van der Waals surface area contributed by atoms with E-state index >= 15 is 0 Å². The molecule has 1 aromatic heterocycles. The molecule has 0 radical (unpaired) electrons. The van der Waals surface area contributed by atoms with Crippen molar-refractivity contribution in [2.75, 3.05) is 20.6 Å². The molecule has 1 aromatic rings. The van der Waals surface area contributed by atoms with E-state index in [0.29, 0.717) is 4.77 Å². The fourth-order valence-corrected chi connectivity index (χ4v) is 2.16. The molecule has 0 aliphatic carbocycles. The zero-order valence-corrected chi connectivity index (χ0v) is 11.1. The number of aromatic nitrogens is 2. The van der Waals surface area contributed by atoms with Crippen LogP contribution in [0.15, 0.2) is 17.1 Å². The van der Waals surface area contributed by atoms with Crippen molar-refractivity contribution in [1.29, 1.82) is 0 Å².